The Balaban J connectivity index is 1.11. The first-order valence-electron chi connectivity index (χ1n) is 11.2. The van der Waals surface area contributed by atoms with Gasteiger partial charge in [0.25, 0.3) is 0 Å². The third kappa shape index (κ3) is 4.63. The van der Waals surface area contributed by atoms with Crippen molar-refractivity contribution in [3.05, 3.63) is 71.0 Å². The van der Waals surface area contributed by atoms with E-state index in [-0.39, 0.29) is 11.9 Å². The van der Waals surface area contributed by atoms with Crippen LogP contribution in [-0.4, -0.2) is 74.6 Å². The molecule has 33 heavy (non-hydrogen) atoms. The second-order valence-corrected chi connectivity index (χ2v) is 8.67. The number of tetrazole rings is 1. The Morgan fingerprint density at radius 1 is 1.09 bits per heavy atom. The number of cyclic esters (lactones) is 1. The quantitative estimate of drug-likeness (QED) is 0.533. The lowest BCUT2D eigenvalue weighted by molar-refractivity contribution is -0.132. The Kier molecular flexibility index (Phi) is 5.87. The summed E-state index contributed by atoms with van der Waals surface area (Å²) in [5, 5.41) is 11.1. The third-order valence-electron chi connectivity index (χ3n) is 6.44. The molecular weight excluding hydrogens is 420 g/mol. The molecule has 170 valence electrons. The van der Waals surface area contributed by atoms with E-state index in [0.29, 0.717) is 24.5 Å². The zero-order chi connectivity index (χ0) is 22.8. The number of aromatic nitrogens is 4. The van der Waals surface area contributed by atoms with Crippen LogP contribution in [0.5, 0.6) is 0 Å². The average molecular weight is 447 g/mol. The van der Waals surface area contributed by atoms with Crippen LogP contribution < -0.4 is 0 Å². The molecule has 5 rings (SSSR count). The number of ether oxygens (including phenoxy) is 1. The molecule has 2 aliphatic heterocycles. The highest BCUT2D eigenvalue weighted by Gasteiger charge is 2.25. The minimum atomic E-state index is -0.228. The van der Waals surface area contributed by atoms with Crippen LogP contribution in [0.15, 0.2) is 48.8 Å². The molecule has 3 aromatic rings. The number of nitrogens with zero attached hydrogens (tertiary/aromatic N) is 6. The molecule has 3 heterocycles. The number of carbonyl (C=O) groups is 2. The molecule has 9 nitrogen and oxygen atoms in total. The van der Waals surface area contributed by atoms with Crippen molar-refractivity contribution in [1.29, 1.82) is 0 Å². The van der Waals surface area contributed by atoms with E-state index in [1.165, 1.54) is 5.56 Å². The van der Waals surface area contributed by atoms with Crippen molar-refractivity contribution in [2.24, 2.45) is 0 Å². The fourth-order valence-corrected chi connectivity index (χ4v) is 4.46. The molecule has 0 aliphatic carbocycles. The van der Waals surface area contributed by atoms with E-state index < -0.39 is 0 Å². The van der Waals surface area contributed by atoms with E-state index in [1.807, 2.05) is 41.3 Å². The van der Waals surface area contributed by atoms with Crippen molar-refractivity contribution in [2.45, 2.75) is 25.9 Å². The number of fused-ring (bicyclic) bond motifs is 1. The van der Waals surface area contributed by atoms with Gasteiger partial charge in [0.1, 0.15) is 12.9 Å². The predicted octanol–water partition coefficient (Wildman–Crippen LogP) is 1.82. The number of rotatable bonds is 6. The van der Waals surface area contributed by atoms with E-state index in [2.05, 4.69) is 33.4 Å². The van der Waals surface area contributed by atoms with Crippen LogP contribution in [0.2, 0.25) is 0 Å². The number of hydrogen-bond donors (Lipinski definition) is 0. The van der Waals surface area contributed by atoms with Gasteiger partial charge in [-0.05, 0) is 45.7 Å². The van der Waals surface area contributed by atoms with E-state index in [4.69, 9.17) is 4.74 Å². The predicted molar refractivity (Wildman–Crippen MR) is 120 cm³/mol. The molecule has 0 bridgehead atoms. The summed E-state index contributed by atoms with van der Waals surface area (Å²) in [7, 11) is 0. The fourth-order valence-electron chi connectivity index (χ4n) is 4.46. The number of esters is 1. The smallest absolute Gasteiger partial charge is 0.338 e. The Labute approximate surface area is 191 Å². The highest BCUT2D eigenvalue weighted by atomic mass is 16.5. The van der Waals surface area contributed by atoms with Gasteiger partial charge in [-0.25, -0.2) is 9.48 Å². The summed E-state index contributed by atoms with van der Waals surface area (Å²) in [6.07, 6.45) is 1.93. The zero-order valence-corrected chi connectivity index (χ0v) is 18.6. The minimum Gasteiger partial charge on any atom is -0.457 e. The summed E-state index contributed by atoms with van der Waals surface area (Å²) in [5.41, 5.74) is 4.72. The summed E-state index contributed by atoms with van der Waals surface area (Å²) in [4.78, 5) is 28.8. The number of amides is 1. The molecule has 1 atom stereocenters. The van der Waals surface area contributed by atoms with Crippen LogP contribution in [0.4, 0.5) is 0 Å². The third-order valence-corrected chi connectivity index (χ3v) is 6.44. The highest BCUT2D eigenvalue weighted by molar-refractivity contribution is 5.93. The molecule has 9 heteroatoms. The summed E-state index contributed by atoms with van der Waals surface area (Å²) >= 11 is 0. The van der Waals surface area contributed by atoms with Gasteiger partial charge in [-0.2, -0.15) is 0 Å². The molecule has 1 saturated heterocycles. The lowest BCUT2D eigenvalue weighted by Crippen LogP contribution is -2.49. The monoisotopic (exact) mass is 446 g/mol. The first-order chi connectivity index (χ1) is 16.1. The Morgan fingerprint density at radius 2 is 1.88 bits per heavy atom. The number of benzene rings is 2. The number of piperazine rings is 1. The lowest BCUT2D eigenvalue weighted by atomic mass is 9.96. The topological polar surface area (TPSA) is 93.5 Å². The molecule has 0 saturated carbocycles. The molecule has 2 aliphatic rings. The molecule has 0 spiro atoms. The van der Waals surface area contributed by atoms with E-state index in [9.17, 15) is 9.59 Å². The minimum absolute atomic E-state index is 0.154. The van der Waals surface area contributed by atoms with Gasteiger partial charge in [0.05, 0.1) is 17.7 Å². The lowest BCUT2D eigenvalue weighted by Gasteiger charge is -2.36. The van der Waals surface area contributed by atoms with Crippen molar-refractivity contribution >= 4 is 11.9 Å². The van der Waals surface area contributed by atoms with Crippen LogP contribution in [0, 0.1) is 0 Å². The second-order valence-electron chi connectivity index (χ2n) is 8.67. The highest BCUT2D eigenvalue weighted by Crippen LogP contribution is 2.25. The van der Waals surface area contributed by atoms with Crippen LogP contribution in [-0.2, 0) is 22.6 Å². The second kappa shape index (κ2) is 9.11. The first kappa shape index (κ1) is 21.3. The Hall–Kier alpha value is -3.59. The van der Waals surface area contributed by atoms with Crippen molar-refractivity contribution < 1.29 is 14.3 Å². The van der Waals surface area contributed by atoms with E-state index in [1.54, 1.807) is 11.0 Å². The van der Waals surface area contributed by atoms with Crippen molar-refractivity contribution in [2.75, 3.05) is 32.7 Å². The molecule has 0 N–H and O–H groups in total. The molecule has 1 fully saturated rings. The summed E-state index contributed by atoms with van der Waals surface area (Å²) < 4.78 is 6.70. The van der Waals surface area contributed by atoms with Crippen LogP contribution in [0.25, 0.3) is 5.69 Å². The molecule has 0 radical (unpaired) electrons. The number of hydrogen-bond acceptors (Lipinski definition) is 7. The Bertz CT molecular complexity index is 1140. The van der Waals surface area contributed by atoms with Gasteiger partial charge in [-0.3, -0.25) is 9.69 Å². The van der Waals surface area contributed by atoms with Gasteiger partial charge in [0, 0.05) is 38.3 Å². The summed E-state index contributed by atoms with van der Waals surface area (Å²) in [6.45, 7) is 6.70. The molecular formula is C24H26N6O3. The summed E-state index contributed by atoms with van der Waals surface area (Å²) in [5.74, 6) is 0.265. The van der Waals surface area contributed by atoms with Crippen LogP contribution in [0.1, 0.15) is 39.9 Å². The van der Waals surface area contributed by atoms with Gasteiger partial charge >= 0.3 is 5.97 Å². The van der Waals surface area contributed by atoms with Gasteiger partial charge in [0.2, 0.25) is 5.91 Å². The van der Waals surface area contributed by atoms with Gasteiger partial charge in [-0.15, -0.1) is 5.10 Å². The molecule has 0 unspecified atom stereocenters. The first-order valence-corrected chi connectivity index (χ1v) is 11.2. The van der Waals surface area contributed by atoms with E-state index >= 15 is 0 Å². The van der Waals surface area contributed by atoms with Crippen LogP contribution >= 0.6 is 0 Å². The number of carbonyl (C=O) groups excluding carboxylic acids is 2. The maximum Gasteiger partial charge on any atom is 0.338 e. The SMILES string of the molecule is C[C@H](CN1CCN(C(=O)Cc2ccc(-n3cnnn3)cc2)CC1)c1ccc2c(c1)COC2=O. The zero-order valence-electron chi connectivity index (χ0n) is 18.6. The summed E-state index contributed by atoms with van der Waals surface area (Å²) in [6, 6.07) is 13.7. The Morgan fingerprint density at radius 3 is 2.61 bits per heavy atom. The van der Waals surface area contributed by atoms with Crippen molar-refractivity contribution in [1.82, 2.24) is 30.0 Å². The largest absolute Gasteiger partial charge is 0.457 e. The van der Waals surface area contributed by atoms with Crippen molar-refractivity contribution in [3.63, 3.8) is 0 Å². The van der Waals surface area contributed by atoms with Gasteiger partial charge in [0.15, 0.2) is 0 Å². The average Bonchev–Trinajstić information content (AvgIpc) is 3.50. The molecule has 1 aromatic heterocycles. The molecule has 2 aromatic carbocycles. The maximum absolute atomic E-state index is 12.8. The van der Waals surface area contributed by atoms with Crippen molar-refractivity contribution in [3.8, 4) is 5.69 Å². The normalized spacial score (nSPS) is 17.0. The van der Waals surface area contributed by atoms with Gasteiger partial charge in [-0.1, -0.05) is 31.2 Å². The molecule has 1 amide bonds. The van der Waals surface area contributed by atoms with Gasteiger partial charge < -0.3 is 9.64 Å². The fraction of sp³-hybridized carbons (Fsp3) is 0.375. The maximum atomic E-state index is 12.8. The van der Waals surface area contributed by atoms with Crippen LogP contribution in [0.3, 0.4) is 0 Å². The standard InChI is InChI=1S/C24H26N6O3/c1-17(19-4-7-22-20(13-19)15-33-24(22)32)14-28-8-10-29(11-9-28)23(31)12-18-2-5-21(6-3-18)30-16-25-26-27-30/h2-7,13,16-17H,8-12,14-15H2,1H3/t17-/m1/s1. The van der Waals surface area contributed by atoms with E-state index in [0.717, 1.165) is 49.5 Å².